The van der Waals surface area contributed by atoms with E-state index in [-0.39, 0.29) is 67.8 Å². The van der Waals surface area contributed by atoms with Crippen LogP contribution in [0.5, 0.6) is 0 Å². The van der Waals surface area contributed by atoms with Crippen LogP contribution in [0.2, 0.25) is 0 Å². The Labute approximate surface area is 438 Å². The first-order valence-electron chi connectivity index (χ1n) is 31.4. The van der Waals surface area contributed by atoms with Crippen LogP contribution in [0.3, 0.4) is 0 Å². The normalized spacial score (nSPS) is 16.1. The molecular weight excluding hydrogens is 913 g/mol. The Morgan fingerprint density at radius 2 is 0.667 bits per heavy atom. The van der Waals surface area contributed by atoms with Gasteiger partial charge in [0.1, 0.15) is 0 Å². The van der Waals surface area contributed by atoms with Gasteiger partial charge >= 0.3 is 0 Å². The van der Waals surface area contributed by atoms with Gasteiger partial charge in [-0.25, -0.2) is 0 Å². The van der Waals surface area contributed by atoms with Gasteiger partial charge in [-0.05, 0) is 97.0 Å². The van der Waals surface area contributed by atoms with E-state index in [0.29, 0.717) is 11.4 Å². The summed E-state index contributed by atoms with van der Waals surface area (Å²) < 4.78 is 156. The van der Waals surface area contributed by atoms with Crippen molar-refractivity contribution in [1.29, 1.82) is 0 Å². The lowest BCUT2D eigenvalue weighted by molar-refractivity contribution is 1.18. The number of aromatic nitrogens is 4. The van der Waals surface area contributed by atoms with Crippen molar-refractivity contribution in [1.82, 2.24) is 17.9 Å². The SMILES string of the molecule is [2H]c1c([2H])c([2H])c2c(c1[2H])c1c([2H])c([2H])c([2H])c([2H])c1n2-c1ccc2c(c1)c1c3c(cc4c5cc6c(cc5n2c41)c1cc2sc4ccccc4c2c2c4cc(-n5c7c([2H])c([2H])c([2H])c([2H])c7c7c([2H])c([2H])c([2H])c([2H])c75)ccc4n6c12)sc1ccccc13. The van der Waals surface area contributed by atoms with Gasteiger partial charge in [0.25, 0.3) is 0 Å². The second-order valence-corrected chi connectivity index (χ2v) is 20.9. The van der Waals surface area contributed by atoms with Crippen LogP contribution in [0, 0.1) is 0 Å². The molecular formula is C66H34N4S2. The molecule has 0 bridgehead atoms. The third kappa shape index (κ3) is 4.27. The molecule has 8 aromatic heterocycles. The van der Waals surface area contributed by atoms with E-state index >= 15 is 0 Å². The Bertz CT molecular complexity index is 6090. The van der Waals surface area contributed by atoms with E-state index in [1.54, 1.807) is 31.8 Å². The molecule has 4 nitrogen and oxygen atoms in total. The van der Waals surface area contributed by atoms with Gasteiger partial charge in [0.2, 0.25) is 0 Å². The van der Waals surface area contributed by atoms with E-state index in [0.717, 1.165) is 117 Å². The summed E-state index contributed by atoms with van der Waals surface area (Å²) >= 11 is 3.37. The van der Waals surface area contributed by atoms with Gasteiger partial charge in [-0.3, -0.25) is 0 Å². The number of hydrogen-bond donors (Lipinski definition) is 0. The number of thiophene rings is 2. The highest BCUT2D eigenvalue weighted by Gasteiger charge is 2.28. The Kier molecular flexibility index (Phi) is 4.54. The lowest BCUT2D eigenvalue weighted by atomic mass is 10.00. The van der Waals surface area contributed by atoms with Gasteiger partial charge in [-0.15, -0.1) is 22.7 Å². The van der Waals surface area contributed by atoms with Crippen molar-refractivity contribution in [3.05, 3.63) is 206 Å². The molecule has 0 atom stereocenters. The van der Waals surface area contributed by atoms with Gasteiger partial charge in [-0.1, -0.05) is 109 Å². The molecule has 11 aromatic carbocycles. The summed E-state index contributed by atoms with van der Waals surface area (Å²) in [5.74, 6) is 0. The molecule has 0 saturated carbocycles. The number of fused-ring (bicyclic) bond motifs is 26. The zero-order valence-corrected chi connectivity index (χ0v) is 38.6. The van der Waals surface area contributed by atoms with Gasteiger partial charge in [0, 0.05) is 116 Å². The first-order chi connectivity index (χ1) is 42.4. The molecule has 0 aliphatic rings. The van der Waals surface area contributed by atoms with Crippen LogP contribution in [0.15, 0.2) is 206 Å². The average Bonchev–Trinajstić information content (AvgIpc) is 1.53. The third-order valence-electron chi connectivity index (χ3n) is 15.5. The van der Waals surface area contributed by atoms with Crippen molar-refractivity contribution in [2.24, 2.45) is 0 Å². The molecule has 0 spiro atoms. The number of rotatable bonds is 2. The Morgan fingerprint density at radius 1 is 0.278 bits per heavy atom. The quantitative estimate of drug-likeness (QED) is 0.164. The van der Waals surface area contributed by atoms with E-state index < -0.39 is 72.5 Å². The number of benzene rings is 11. The molecule has 330 valence electrons. The van der Waals surface area contributed by atoms with Crippen LogP contribution in [0.4, 0.5) is 0 Å². The second kappa shape index (κ2) is 12.7. The summed E-state index contributed by atoms with van der Waals surface area (Å²) in [7, 11) is 0. The van der Waals surface area contributed by atoms with Crippen molar-refractivity contribution < 1.29 is 21.9 Å². The summed E-state index contributed by atoms with van der Waals surface area (Å²) in [5, 5.41) is 11.7. The first-order valence-corrected chi connectivity index (χ1v) is 25.1. The molecule has 0 N–H and O–H groups in total. The molecule has 19 rings (SSSR count). The molecule has 0 fully saturated rings. The van der Waals surface area contributed by atoms with Crippen LogP contribution in [0.1, 0.15) is 21.9 Å². The highest BCUT2D eigenvalue weighted by atomic mass is 32.1. The maximum Gasteiger partial charge on any atom is 0.0645 e. The summed E-state index contributed by atoms with van der Waals surface area (Å²) in [5.41, 5.74) is 6.59. The van der Waals surface area contributed by atoms with Gasteiger partial charge in [0.05, 0.1) is 77.1 Å². The molecule has 6 heteroatoms. The predicted octanol–water partition coefficient (Wildman–Crippen LogP) is 18.9. The van der Waals surface area contributed by atoms with E-state index in [1.165, 1.54) is 0 Å². The number of para-hydroxylation sites is 4. The minimum Gasteiger partial charge on any atom is -0.309 e. The lowest BCUT2D eigenvalue weighted by Crippen LogP contribution is -1.94. The molecule has 0 radical (unpaired) electrons. The largest absolute Gasteiger partial charge is 0.309 e. The molecule has 0 aliphatic carbocycles. The first kappa shape index (κ1) is 25.8. The fraction of sp³-hybridized carbons (Fsp3) is 0. The van der Waals surface area contributed by atoms with Crippen molar-refractivity contribution in [3.8, 4) is 11.4 Å². The fourth-order valence-electron chi connectivity index (χ4n) is 12.7. The van der Waals surface area contributed by atoms with E-state index in [1.807, 2.05) is 60.7 Å². The molecule has 72 heavy (non-hydrogen) atoms. The maximum atomic E-state index is 9.31. The molecule has 19 aromatic rings. The van der Waals surface area contributed by atoms with Crippen LogP contribution in [0.25, 0.3) is 172 Å². The van der Waals surface area contributed by atoms with E-state index in [4.69, 9.17) is 16.4 Å². The van der Waals surface area contributed by atoms with Gasteiger partial charge < -0.3 is 17.9 Å². The Hall–Kier alpha value is -8.94. The highest BCUT2D eigenvalue weighted by molar-refractivity contribution is 7.26. The molecule has 8 heterocycles. The summed E-state index contributed by atoms with van der Waals surface area (Å²) in [6.45, 7) is 0. The van der Waals surface area contributed by atoms with Crippen LogP contribution in [-0.4, -0.2) is 17.9 Å². The molecule has 0 amide bonds. The highest BCUT2D eigenvalue weighted by Crippen LogP contribution is 2.52. The summed E-state index contributed by atoms with van der Waals surface area (Å²) in [6.07, 6.45) is 0. The topological polar surface area (TPSA) is 18.7 Å². The van der Waals surface area contributed by atoms with Gasteiger partial charge in [-0.2, -0.15) is 0 Å². The summed E-state index contributed by atoms with van der Waals surface area (Å²) in [4.78, 5) is 0. The van der Waals surface area contributed by atoms with E-state index in [2.05, 4.69) is 57.3 Å². The van der Waals surface area contributed by atoms with Crippen LogP contribution >= 0.6 is 22.7 Å². The van der Waals surface area contributed by atoms with Gasteiger partial charge in [0.15, 0.2) is 0 Å². The maximum absolute atomic E-state index is 9.31. The third-order valence-corrected chi connectivity index (χ3v) is 17.7. The monoisotopic (exact) mass is 962 g/mol. The zero-order chi connectivity index (χ0) is 60.2. The smallest absolute Gasteiger partial charge is 0.0645 e. The Morgan fingerprint density at radius 3 is 1.08 bits per heavy atom. The standard InChI is InChI=1S/C66H34N4S2/c1-7-19-49-37(13-1)38-14-2-8-20-50(38)67(49)35-25-27-53-47(29-35)63-61-41-17-5-11-23-57(41)71-59(61)33-45-43-32-56-44(31-55(43)69(53)65(45)63)46-34-60-62(42-18-6-12-24-58(42)72-60)64-48-30-36(26-28-54(48)70(56)66(46)64)68-51-21-9-3-15-39(51)40-16-4-10-22-52(40)68/h1-34H/i1D,2D,3D,4D,7D,8D,9D,10D,13D,14D,15D,16D,19D,20D,21D,22D. The zero-order valence-electron chi connectivity index (χ0n) is 53.0. The Balaban J connectivity index is 0.953. The molecule has 0 unspecified atom stereocenters. The molecule has 0 saturated heterocycles. The van der Waals surface area contributed by atoms with Crippen molar-refractivity contribution >= 4 is 183 Å². The lowest BCUT2D eigenvalue weighted by Gasteiger charge is -2.09. The van der Waals surface area contributed by atoms with Crippen molar-refractivity contribution in [2.75, 3.05) is 0 Å². The van der Waals surface area contributed by atoms with E-state index in [9.17, 15) is 5.48 Å². The van der Waals surface area contributed by atoms with Crippen LogP contribution < -0.4 is 0 Å². The van der Waals surface area contributed by atoms with Crippen molar-refractivity contribution in [2.45, 2.75) is 0 Å². The van der Waals surface area contributed by atoms with Crippen molar-refractivity contribution in [3.63, 3.8) is 0 Å². The minimum atomic E-state index is -0.505. The fourth-order valence-corrected chi connectivity index (χ4v) is 15.1. The number of nitrogens with zero attached hydrogens (tertiary/aromatic N) is 4. The summed E-state index contributed by atoms with van der Waals surface area (Å²) in [6, 6.07) is 30.3. The minimum absolute atomic E-state index is 0.00885. The second-order valence-electron chi connectivity index (χ2n) is 18.8. The molecule has 0 aliphatic heterocycles. The average molecular weight is 963 g/mol. The predicted molar refractivity (Wildman–Crippen MR) is 310 cm³/mol. The van der Waals surface area contributed by atoms with Crippen LogP contribution in [-0.2, 0) is 0 Å². The number of hydrogen-bond acceptors (Lipinski definition) is 2.